The number of nitrogens with zero attached hydrogens (tertiary/aromatic N) is 1. The molecular formula is C14H13FN2O. The van der Waals surface area contributed by atoms with Gasteiger partial charge in [-0.25, -0.2) is 4.39 Å². The van der Waals surface area contributed by atoms with Crippen LogP contribution in [0.2, 0.25) is 0 Å². The number of alkyl halides is 1. The van der Waals surface area contributed by atoms with Crippen LogP contribution in [-0.2, 0) is 5.67 Å². The van der Waals surface area contributed by atoms with Crippen LogP contribution in [0.5, 0.6) is 0 Å². The summed E-state index contributed by atoms with van der Waals surface area (Å²) in [6.45, 7) is 0. The van der Waals surface area contributed by atoms with Gasteiger partial charge in [-0.3, -0.25) is 9.78 Å². The Morgan fingerprint density at radius 1 is 1.33 bits per heavy atom. The van der Waals surface area contributed by atoms with Crippen molar-refractivity contribution in [2.45, 2.75) is 24.9 Å². The summed E-state index contributed by atoms with van der Waals surface area (Å²) in [7, 11) is 0. The number of rotatable bonds is 2. The Morgan fingerprint density at radius 3 is 2.72 bits per heavy atom. The predicted octanol–water partition coefficient (Wildman–Crippen LogP) is 2.68. The second-order valence-corrected chi connectivity index (χ2v) is 4.77. The van der Waals surface area contributed by atoms with Gasteiger partial charge in [-0.05, 0) is 43.0 Å². The molecule has 1 aromatic heterocycles. The van der Waals surface area contributed by atoms with E-state index in [2.05, 4.69) is 4.98 Å². The molecule has 3 rings (SSSR count). The molecule has 1 aliphatic carbocycles. The third kappa shape index (κ3) is 1.56. The van der Waals surface area contributed by atoms with E-state index in [9.17, 15) is 9.18 Å². The SMILES string of the molecule is NC(=O)c1ccnc2ccc(C3(F)CCC3)cc12. The van der Waals surface area contributed by atoms with Gasteiger partial charge >= 0.3 is 0 Å². The number of fused-ring (bicyclic) bond motifs is 1. The molecule has 0 unspecified atom stereocenters. The standard InChI is InChI=1S/C14H13FN2O/c15-14(5-1-6-14)9-2-3-12-11(8-9)10(13(16)18)4-7-17-12/h2-4,7-8H,1,5-6H2,(H2,16,18). The lowest BCUT2D eigenvalue weighted by Gasteiger charge is -2.34. The average Bonchev–Trinajstić information content (AvgIpc) is 2.34. The maximum atomic E-state index is 14.4. The van der Waals surface area contributed by atoms with Crippen molar-refractivity contribution < 1.29 is 9.18 Å². The molecule has 1 aliphatic rings. The highest BCUT2D eigenvalue weighted by Gasteiger charge is 2.38. The largest absolute Gasteiger partial charge is 0.366 e. The van der Waals surface area contributed by atoms with Gasteiger partial charge in [0.05, 0.1) is 11.1 Å². The molecule has 1 heterocycles. The summed E-state index contributed by atoms with van der Waals surface area (Å²) in [4.78, 5) is 15.5. The molecule has 2 N–H and O–H groups in total. The van der Waals surface area contributed by atoms with E-state index in [0.29, 0.717) is 34.9 Å². The number of halogens is 1. The zero-order valence-corrected chi connectivity index (χ0v) is 9.82. The number of nitrogens with two attached hydrogens (primary N) is 1. The number of amides is 1. The predicted molar refractivity (Wildman–Crippen MR) is 66.9 cm³/mol. The summed E-state index contributed by atoms with van der Waals surface area (Å²) in [6.07, 6.45) is 3.54. The fourth-order valence-corrected chi connectivity index (χ4v) is 2.42. The first-order valence-electron chi connectivity index (χ1n) is 5.98. The Hall–Kier alpha value is -1.97. The number of hydrogen-bond donors (Lipinski definition) is 1. The Balaban J connectivity index is 2.21. The van der Waals surface area contributed by atoms with E-state index >= 15 is 0 Å². The van der Waals surface area contributed by atoms with Crippen molar-refractivity contribution in [3.63, 3.8) is 0 Å². The van der Waals surface area contributed by atoms with Crippen LogP contribution in [0.3, 0.4) is 0 Å². The van der Waals surface area contributed by atoms with E-state index < -0.39 is 11.6 Å². The molecule has 92 valence electrons. The molecule has 0 radical (unpaired) electrons. The number of carbonyl (C=O) groups excluding carboxylic acids is 1. The first-order chi connectivity index (χ1) is 8.60. The Bertz CT molecular complexity index is 635. The summed E-state index contributed by atoms with van der Waals surface area (Å²) in [5.74, 6) is -0.513. The zero-order valence-electron chi connectivity index (χ0n) is 9.82. The lowest BCUT2D eigenvalue weighted by Crippen LogP contribution is -2.28. The normalized spacial score (nSPS) is 17.4. The van der Waals surface area contributed by atoms with Gasteiger partial charge in [0.2, 0.25) is 5.91 Å². The highest BCUT2D eigenvalue weighted by atomic mass is 19.1. The number of benzene rings is 1. The minimum absolute atomic E-state index is 0.393. The highest BCUT2D eigenvalue weighted by Crippen LogP contribution is 2.45. The summed E-state index contributed by atoms with van der Waals surface area (Å²) in [6, 6.07) is 6.78. The highest BCUT2D eigenvalue weighted by molar-refractivity contribution is 6.05. The van der Waals surface area contributed by atoms with E-state index in [1.165, 1.54) is 6.20 Å². The molecule has 1 saturated carbocycles. The minimum Gasteiger partial charge on any atom is -0.366 e. The number of hydrogen-bond acceptors (Lipinski definition) is 2. The lowest BCUT2D eigenvalue weighted by atomic mass is 9.76. The van der Waals surface area contributed by atoms with Crippen molar-refractivity contribution in [1.82, 2.24) is 4.98 Å². The van der Waals surface area contributed by atoms with Gasteiger partial charge < -0.3 is 5.73 Å². The summed E-state index contributed by atoms with van der Waals surface area (Å²) < 4.78 is 14.4. The van der Waals surface area contributed by atoms with Crippen molar-refractivity contribution in [3.8, 4) is 0 Å². The summed E-state index contributed by atoms with van der Waals surface area (Å²) in [5, 5.41) is 0.631. The van der Waals surface area contributed by atoms with Crippen LogP contribution < -0.4 is 5.73 Å². The molecule has 0 saturated heterocycles. The van der Waals surface area contributed by atoms with Crippen molar-refractivity contribution in [2.75, 3.05) is 0 Å². The second-order valence-electron chi connectivity index (χ2n) is 4.77. The van der Waals surface area contributed by atoms with Crippen molar-refractivity contribution in [1.29, 1.82) is 0 Å². The van der Waals surface area contributed by atoms with E-state index in [1.54, 1.807) is 24.3 Å². The molecule has 0 atom stereocenters. The quantitative estimate of drug-likeness (QED) is 0.883. The molecule has 1 aromatic carbocycles. The molecule has 0 bridgehead atoms. The van der Waals surface area contributed by atoms with Crippen LogP contribution in [0, 0.1) is 0 Å². The summed E-state index contributed by atoms with van der Waals surface area (Å²) in [5.41, 5.74) is 5.77. The lowest BCUT2D eigenvalue weighted by molar-refractivity contribution is 0.0610. The first kappa shape index (κ1) is 11.1. The van der Waals surface area contributed by atoms with E-state index in [-0.39, 0.29) is 0 Å². The molecule has 1 fully saturated rings. The van der Waals surface area contributed by atoms with Crippen LogP contribution in [0.4, 0.5) is 4.39 Å². The average molecular weight is 244 g/mol. The van der Waals surface area contributed by atoms with Crippen molar-refractivity contribution >= 4 is 16.8 Å². The Morgan fingerprint density at radius 2 is 2.11 bits per heavy atom. The third-order valence-corrected chi connectivity index (χ3v) is 3.67. The van der Waals surface area contributed by atoms with Crippen LogP contribution in [0.1, 0.15) is 35.2 Å². The Labute approximate surface area is 104 Å². The van der Waals surface area contributed by atoms with Gasteiger partial charge in [0, 0.05) is 11.6 Å². The van der Waals surface area contributed by atoms with E-state index in [1.807, 2.05) is 0 Å². The van der Waals surface area contributed by atoms with Gasteiger partial charge in [-0.1, -0.05) is 6.07 Å². The smallest absolute Gasteiger partial charge is 0.249 e. The van der Waals surface area contributed by atoms with Crippen molar-refractivity contribution in [3.05, 3.63) is 41.6 Å². The van der Waals surface area contributed by atoms with Gasteiger partial charge in [0.15, 0.2) is 0 Å². The molecule has 18 heavy (non-hydrogen) atoms. The van der Waals surface area contributed by atoms with Gasteiger partial charge in [0.25, 0.3) is 0 Å². The topological polar surface area (TPSA) is 56.0 Å². The summed E-state index contributed by atoms with van der Waals surface area (Å²) >= 11 is 0. The van der Waals surface area contributed by atoms with Crippen LogP contribution in [0.15, 0.2) is 30.5 Å². The number of pyridine rings is 1. The number of primary amides is 1. The molecule has 2 aromatic rings. The second kappa shape index (κ2) is 3.77. The zero-order chi connectivity index (χ0) is 12.8. The van der Waals surface area contributed by atoms with E-state index in [0.717, 1.165) is 6.42 Å². The monoisotopic (exact) mass is 244 g/mol. The maximum absolute atomic E-state index is 14.4. The van der Waals surface area contributed by atoms with Crippen LogP contribution >= 0.6 is 0 Å². The molecular weight excluding hydrogens is 231 g/mol. The van der Waals surface area contributed by atoms with E-state index in [4.69, 9.17) is 5.73 Å². The van der Waals surface area contributed by atoms with Crippen LogP contribution in [0.25, 0.3) is 10.9 Å². The molecule has 3 nitrogen and oxygen atoms in total. The first-order valence-corrected chi connectivity index (χ1v) is 5.98. The van der Waals surface area contributed by atoms with Gasteiger partial charge in [-0.2, -0.15) is 0 Å². The number of carbonyl (C=O) groups is 1. The molecule has 4 heteroatoms. The molecule has 0 aliphatic heterocycles. The fourth-order valence-electron chi connectivity index (χ4n) is 2.42. The van der Waals surface area contributed by atoms with Crippen molar-refractivity contribution in [2.24, 2.45) is 5.73 Å². The fraction of sp³-hybridized carbons (Fsp3) is 0.286. The molecule has 1 amide bonds. The minimum atomic E-state index is -1.24. The van der Waals surface area contributed by atoms with Gasteiger partial charge in [-0.15, -0.1) is 0 Å². The molecule has 0 spiro atoms. The Kier molecular flexibility index (Phi) is 2.33. The third-order valence-electron chi connectivity index (χ3n) is 3.67. The van der Waals surface area contributed by atoms with Gasteiger partial charge in [0.1, 0.15) is 5.67 Å². The maximum Gasteiger partial charge on any atom is 0.249 e. The number of aromatic nitrogens is 1. The van der Waals surface area contributed by atoms with Crippen LogP contribution in [-0.4, -0.2) is 10.9 Å².